The van der Waals surface area contributed by atoms with Gasteiger partial charge in [-0.3, -0.25) is 19.5 Å². The van der Waals surface area contributed by atoms with Crippen molar-refractivity contribution in [3.05, 3.63) is 34.7 Å². The number of nitrogens with one attached hydrogen (secondary N) is 1. The highest BCUT2D eigenvalue weighted by atomic mass is 32.1. The van der Waals surface area contributed by atoms with Crippen molar-refractivity contribution in [1.82, 2.24) is 20.2 Å². The zero-order valence-electron chi connectivity index (χ0n) is 16.5. The molecule has 30 heavy (non-hydrogen) atoms. The van der Waals surface area contributed by atoms with E-state index < -0.39 is 48.6 Å². The van der Waals surface area contributed by atoms with Crippen LogP contribution in [0, 0.1) is 13.8 Å². The molecule has 0 atom stereocenters. The zero-order valence-corrected chi connectivity index (χ0v) is 17.3. The average molecular weight is 434 g/mol. The van der Waals surface area contributed by atoms with Gasteiger partial charge in [0.2, 0.25) is 11.7 Å². The number of carbonyl (C=O) groups excluding carboxylic acids is 3. The number of rotatable bonds is 4. The molecule has 0 radical (unpaired) electrons. The fourth-order valence-corrected chi connectivity index (χ4v) is 4.95. The lowest BCUT2D eigenvalue weighted by Gasteiger charge is -2.34. The van der Waals surface area contributed by atoms with Gasteiger partial charge in [-0.25, -0.2) is 18.6 Å². The van der Waals surface area contributed by atoms with Crippen LogP contribution in [0.25, 0.3) is 10.4 Å². The molecular weight excluding hydrogens is 414 g/mol. The van der Waals surface area contributed by atoms with Crippen LogP contribution in [-0.4, -0.2) is 50.6 Å². The number of Topliss-reactive ketones (excluding diaryl/α,β-unsaturated/α-hetero) is 1. The van der Waals surface area contributed by atoms with Crippen molar-refractivity contribution < 1.29 is 23.2 Å². The molecule has 2 aromatic heterocycles. The quantitative estimate of drug-likeness (QED) is 0.587. The summed E-state index contributed by atoms with van der Waals surface area (Å²) in [5.74, 6) is -3.93. The van der Waals surface area contributed by atoms with Crippen molar-refractivity contribution in [1.29, 1.82) is 0 Å². The van der Waals surface area contributed by atoms with Gasteiger partial charge in [0.15, 0.2) is 5.01 Å². The van der Waals surface area contributed by atoms with E-state index >= 15 is 0 Å². The van der Waals surface area contributed by atoms with E-state index in [4.69, 9.17) is 0 Å². The van der Waals surface area contributed by atoms with Crippen LogP contribution in [0.5, 0.6) is 0 Å². The number of urea groups is 1. The summed E-state index contributed by atoms with van der Waals surface area (Å²) in [5, 5.41) is 2.72. The maximum absolute atomic E-state index is 13.5. The molecule has 10 heteroatoms. The van der Waals surface area contributed by atoms with Gasteiger partial charge in [0, 0.05) is 30.8 Å². The third-order valence-corrected chi connectivity index (χ3v) is 6.93. The molecule has 2 fully saturated rings. The molecule has 1 N–H and O–H groups in total. The Morgan fingerprint density at radius 2 is 1.93 bits per heavy atom. The second-order valence-electron chi connectivity index (χ2n) is 7.81. The SMILES string of the molecule is Cc1ccncc1-c1sc(C(=O)CN2C(=O)NC3(CCC(F)(F)CC3)C2=O)nc1C. The summed E-state index contributed by atoms with van der Waals surface area (Å²) in [6.07, 6.45) is 2.15. The van der Waals surface area contributed by atoms with E-state index in [9.17, 15) is 23.2 Å². The molecule has 2 aliphatic rings. The number of amides is 3. The number of aromatic nitrogens is 2. The van der Waals surface area contributed by atoms with Gasteiger partial charge in [-0.1, -0.05) is 0 Å². The molecule has 4 rings (SSSR count). The third kappa shape index (κ3) is 3.49. The molecule has 3 amide bonds. The Morgan fingerprint density at radius 3 is 2.60 bits per heavy atom. The van der Waals surface area contributed by atoms with Crippen molar-refractivity contribution in [2.75, 3.05) is 6.54 Å². The molecule has 1 aliphatic carbocycles. The minimum absolute atomic E-state index is 0.143. The van der Waals surface area contributed by atoms with Gasteiger partial charge in [0.1, 0.15) is 5.54 Å². The number of thiazole rings is 1. The molecule has 1 spiro atoms. The van der Waals surface area contributed by atoms with E-state index in [1.54, 1.807) is 19.3 Å². The lowest BCUT2D eigenvalue weighted by molar-refractivity contribution is -0.135. The molecule has 1 saturated heterocycles. The monoisotopic (exact) mass is 434 g/mol. The summed E-state index contributed by atoms with van der Waals surface area (Å²) in [4.78, 5) is 48.0. The number of hydrogen-bond acceptors (Lipinski definition) is 6. The summed E-state index contributed by atoms with van der Waals surface area (Å²) < 4.78 is 27.0. The van der Waals surface area contributed by atoms with Gasteiger partial charge in [-0.2, -0.15) is 0 Å². The number of ketones is 1. The predicted octanol–water partition coefficient (Wildman–Crippen LogP) is 3.50. The number of aryl methyl sites for hydroxylation is 2. The minimum atomic E-state index is -2.83. The minimum Gasteiger partial charge on any atom is -0.323 e. The first-order valence-corrected chi connectivity index (χ1v) is 10.4. The van der Waals surface area contributed by atoms with Crippen molar-refractivity contribution >= 4 is 29.1 Å². The van der Waals surface area contributed by atoms with Gasteiger partial charge in [-0.15, -0.1) is 11.3 Å². The van der Waals surface area contributed by atoms with Gasteiger partial charge in [0.25, 0.3) is 5.91 Å². The highest BCUT2D eigenvalue weighted by Gasteiger charge is 2.55. The lowest BCUT2D eigenvalue weighted by atomic mass is 9.80. The first-order valence-electron chi connectivity index (χ1n) is 9.55. The second-order valence-corrected chi connectivity index (χ2v) is 8.81. The van der Waals surface area contributed by atoms with Crippen LogP contribution >= 0.6 is 11.3 Å². The van der Waals surface area contributed by atoms with E-state index in [-0.39, 0.29) is 17.8 Å². The summed E-state index contributed by atoms with van der Waals surface area (Å²) >= 11 is 1.18. The van der Waals surface area contributed by atoms with E-state index in [1.165, 1.54) is 11.3 Å². The number of halogens is 2. The summed E-state index contributed by atoms with van der Waals surface area (Å²) in [7, 11) is 0. The average Bonchev–Trinajstić information content (AvgIpc) is 3.18. The first kappa shape index (κ1) is 20.5. The van der Waals surface area contributed by atoms with Crippen molar-refractivity contribution in [3.63, 3.8) is 0 Å². The van der Waals surface area contributed by atoms with Gasteiger partial charge >= 0.3 is 6.03 Å². The fourth-order valence-electron chi connectivity index (χ4n) is 3.88. The Balaban J connectivity index is 1.52. The van der Waals surface area contributed by atoms with Crippen LogP contribution < -0.4 is 5.32 Å². The Hall–Kier alpha value is -2.75. The van der Waals surface area contributed by atoms with Crippen LogP contribution in [0.2, 0.25) is 0 Å². The molecule has 2 aromatic rings. The molecule has 3 heterocycles. The molecule has 158 valence electrons. The Kier molecular flexibility index (Phi) is 4.92. The molecule has 7 nitrogen and oxygen atoms in total. The highest BCUT2D eigenvalue weighted by Crippen LogP contribution is 2.41. The standard InChI is InChI=1S/C20H20F2N4O3S/c1-11-3-8-23-9-13(11)15-12(2)24-16(30-15)14(27)10-26-17(28)19(25-18(26)29)4-6-20(21,22)7-5-19/h3,8-9H,4-7,10H2,1-2H3,(H,25,29). The number of carbonyl (C=O) groups is 3. The number of imide groups is 1. The van der Waals surface area contributed by atoms with E-state index in [1.807, 2.05) is 13.0 Å². The molecule has 1 saturated carbocycles. The third-order valence-electron chi connectivity index (χ3n) is 5.70. The molecule has 1 aliphatic heterocycles. The maximum atomic E-state index is 13.5. The first-order chi connectivity index (χ1) is 14.1. The maximum Gasteiger partial charge on any atom is 0.325 e. The predicted molar refractivity (Wildman–Crippen MR) is 106 cm³/mol. The highest BCUT2D eigenvalue weighted by molar-refractivity contribution is 7.17. The normalized spacial score (nSPS) is 19.9. The number of nitrogens with zero attached hydrogens (tertiary/aromatic N) is 3. The molecule has 0 unspecified atom stereocenters. The van der Waals surface area contributed by atoms with Crippen LogP contribution in [0.3, 0.4) is 0 Å². The van der Waals surface area contributed by atoms with E-state index in [0.717, 1.165) is 20.9 Å². The largest absolute Gasteiger partial charge is 0.325 e. The topological polar surface area (TPSA) is 92.3 Å². The van der Waals surface area contributed by atoms with Crippen LogP contribution in [-0.2, 0) is 4.79 Å². The Bertz CT molecular complexity index is 1040. The van der Waals surface area contributed by atoms with Gasteiger partial charge < -0.3 is 5.32 Å². The van der Waals surface area contributed by atoms with Crippen molar-refractivity contribution in [2.24, 2.45) is 0 Å². The van der Waals surface area contributed by atoms with Crippen molar-refractivity contribution in [3.8, 4) is 10.4 Å². The van der Waals surface area contributed by atoms with Gasteiger partial charge in [-0.05, 0) is 38.3 Å². The Morgan fingerprint density at radius 1 is 1.23 bits per heavy atom. The zero-order chi connectivity index (χ0) is 21.7. The fraction of sp³-hybridized carbons (Fsp3) is 0.450. The summed E-state index contributed by atoms with van der Waals surface area (Å²) in [6, 6.07) is 1.13. The number of alkyl halides is 2. The second kappa shape index (κ2) is 7.19. The van der Waals surface area contributed by atoms with E-state index in [0.29, 0.717) is 5.69 Å². The summed E-state index contributed by atoms with van der Waals surface area (Å²) in [5.41, 5.74) is 1.17. The molecule has 0 aromatic carbocycles. The van der Waals surface area contributed by atoms with Crippen LogP contribution in [0.4, 0.5) is 13.6 Å². The molecule has 0 bridgehead atoms. The summed E-state index contributed by atoms with van der Waals surface area (Å²) in [6.45, 7) is 3.24. The van der Waals surface area contributed by atoms with Crippen molar-refractivity contribution in [2.45, 2.75) is 51.0 Å². The number of hydrogen-bond donors (Lipinski definition) is 1. The lowest BCUT2D eigenvalue weighted by Crippen LogP contribution is -2.51. The smallest absolute Gasteiger partial charge is 0.323 e. The van der Waals surface area contributed by atoms with E-state index in [2.05, 4.69) is 15.3 Å². The van der Waals surface area contributed by atoms with Crippen LogP contribution in [0.15, 0.2) is 18.5 Å². The van der Waals surface area contributed by atoms with Crippen LogP contribution in [0.1, 0.15) is 46.7 Å². The molecular formula is C20H20F2N4O3S. The number of pyridine rings is 1. The van der Waals surface area contributed by atoms with Gasteiger partial charge in [0.05, 0.1) is 17.1 Å². The Labute approximate surface area is 175 Å².